The highest BCUT2D eigenvalue weighted by Crippen LogP contribution is 2.37. The molecule has 8 heteroatoms. The van der Waals surface area contributed by atoms with Gasteiger partial charge in [-0.2, -0.15) is 10.4 Å². The van der Waals surface area contributed by atoms with Crippen LogP contribution in [0, 0.1) is 18.3 Å². The average molecular weight is 465 g/mol. The molecule has 3 rings (SSSR count). The molecule has 7 nitrogen and oxygen atoms in total. The average Bonchev–Trinajstić information content (AvgIpc) is 2.79. The lowest BCUT2D eigenvalue weighted by Crippen LogP contribution is -2.04. The lowest BCUT2D eigenvalue weighted by Gasteiger charge is -2.14. The molecule has 0 radical (unpaired) electrons. The Hall–Kier alpha value is -3.60. The molecule has 0 saturated heterocycles. The molecule has 1 aromatic heterocycles. The second-order valence-corrected chi connectivity index (χ2v) is 7.51. The number of rotatable bonds is 10. The van der Waals surface area contributed by atoms with Crippen molar-refractivity contribution in [3.8, 4) is 17.6 Å². The van der Waals surface area contributed by atoms with Crippen molar-refractivity contribution in [2.24, 2.45) is 5.10 Å². The number of hydrazone groups is 1. The first-order valence-corrected chi connectivity index (χ1v) is 10.7. The quantitative estimate of drug-likeness (QED) is 0.315. The molecule has 0 aliphatic rings. The first-order chi connectivity index (χ1) is 16.0. The van der Waals surface area contributed by atoms with Crippen molar-refractivity contribution in [1.82, 2.24) is 4.98 Å². The predicted molar refractivity (Wildman–Crippen MR) is 129 cm³/mol. The van der Waals surface area contributed by atoms with Gasteiger partial charge in [0.2, 0.25) is 0 Å². The van der Waals surface area contributed by atoms with Gasteiger partial charge in [-0.25, -0.2) is 4.98 Å². The van der Waals surface area contributed by atoms with Gasteiger partial charge in [-0.15, -0.1) is 0 Å². The fraction of sp³-hybridized carbons (Fsp3) is 0.240. The van der Waals surface area contributed by atoms with Crippen LogP contribution in [-0.4, -0.2) is 24.9 Å². The molecule has 2 aromatic carbocycles. The molecule has 0 saturated carbocycles. The Morgan fingerprint density at radius 1 is 1.15 bits per heavy atom. The molecule has 0 bridgehead atoms. The summed E-state index contributed by atoms with van der Waals surface area (Å²) in [4.78, 5) is 4.38. The smallest absolute Gasteiger partial charge is 0.180 e. The van der Waals surface area contributed by atoms with E-state index in [1.165, 1.54) is 0 Å². The highest BCUT2D eigenvalue weighted by Gasteiger charge is 2.13. The van der Waals surface area contributed by atoms with Gasteiger partial charge in [-0.05, 0) is 43.2 Å². The van der Waals surface area contributed by atoms with Crippen LogP contribution in [0.15, 0.2) is 53.6 Å². The lowest BCUT2D eigenvalue weighted by atomic mass is 10.1. The number of halogens is 1. The van der Waals surface area contributed by atoms with Crippen LogP contribution in [0.5, 0.6) is 11.5 Å². The highest BCUT2D eigenvalue weighted by molar-refractivity contribution is 6.32. The van der Waals surface area contributed by atoms with Gasteiger partial charge in [0.1, 0.15) is 18.2 Å². The summed E-state index contributed by atoms with van der Waals surface area (Å²) in [5, 5.41) is 14.2. The van der Waals surface area contributed by atoms with Gasteiger partial charge in [-0.3, -0.25) is 5.43 Å². The molecule has 0 amide bonds. The minimum Gasteiger partial charge on any atom is -0.490 e. The van der Waals surface area contributed by atoms with E-state index in [9.17, 15) is 5.26 Å². The first-order valence-electron chi connectivity index (χ1n) is 10.4. The van der Waals surface area contributed by atoms with Crippen molar-refractivity contribution in [3.63, 3.8) is 0 Å². The highest BCUT2D eigenvalue weighted by atomic mass is 35.5. The number of aromatic nitrogens is 1. The maximum Gasteiger partial charge on any atom is 0.180 e. The molecular formula is C25H25ClN4O3. The minimum absolute atomic E-state index is 0.308. The van der Waals surface area contributed by atoms with E-state index in [4.69, 9.17) is 25.8 Å². The molecule has 0 atom stereocenters. The van der Waals surface area contributed by atoms with E-state index in [1.54, 1.807) is 25.5 Å². The maximum absolute atomic E-state index is 9.54. The van der Waals surface area contributed by atoms with E-state index >= 15 is 0 Å². The Labute approximate surface area is 198 Å². The zero-order valence-corrected chi connectivity index (χ0v) is 19.5. The number of methoxy groups -OCH3 is 1. The molecule has 0 aliphatic heterocycles. The van der Waals surface area contributed by atoms with E-state index in [0.717, 1.165) is 16.8 Å². The number of hydrogen-bond acceptors (Lipinski definition) is 7. The van der Waals surface area contributed by atoms with Gasteiger partial charge in [-0.1, -0.05) is 41.9 Å². The van der Waals surface area contributed by atoms with Gasteiger partial charge in [0.15, 0.2) is 17.3 Å². The van der Waals surface area contributed by atoms with Crippen LogP contribution in [-0.2, 0) is 18.0 Å². The van der Waals surface area contributed by atoms with E-state index in [0.29, 0.717) is 53.3 Å². The monoisotopic (exact) mass is 464 g/mol. The van der Waals surface area contributed by atoms with Crippen molar-refractivity contribution in [1.29, 1.82) is 5.26 Å². The summed E-state index contributed by atoms with van der Waals surface area (Å²) in [6, 6.07) is 17.3. The molecule has 0 fully saturated rings. The summed E-state index contributed by atoms with van der Waals surface area (Å²) >= 11 is 6.50. The summed E-state index contributed by atoms with van der Waals surface area (Å²) in [5.74, 6) is 1.36. The Bertz CT molecular complexity index is 1160. The van der Waals surface area contributed by atoms with Gasteiger partial charge in [0.05, 0.1) is 24.5 Å². The second kappa shape index (κ2) is 11.9. The number of ether oxygens (including phenoxy) is 3. The lowest BCUT2D eigenvalue weighted by molar-refractivity contribution is 0.184. The van der Waals surface area contributed by atoms with Crippen molar-refractivity contribution >= 4 is 23.6 Å². The third-order valence-electron chi connectivity index (χ3n) is 4.58. The van der Waals surface area contributed by atoms with Crippen molar-refractivity contribution < 1.29 is 14.2 Å². The molecule has 0 spiro atoms. The van der Waals surface area contributed by atoms with Crippen LogP contribution < -0.4 is 14.9 Å². The Morgan fingerprint density at radius 3 is 2.64 bits per heavy atom. The third kappa shape index (κ3) is 6.45. The molecule has 1 N–H and O–H groups in total. The Balaban J connectivity index is 1.81. The maximum atomic E-state index is 9.54. The van der Waals surface area contributed by atoms with Crippen LogP contribution in [0.1, 0.15) is 34.9 Å². The van der Waals surface area contributed by atoms with E-state index in [1.807, 2.05) is 50.2 Å². The predicted octanol–water partition coefficient (Wildman–Crippen LogP) is 5.49. The van der Waals surface area contributed by atoms with Crippen LogP contribution in [0.3, 0.4) is 0 Å². The Morgan fingerprint density at radius 2 is 1.94 bits per heavy atom. The number of pyridine rings is 1. The zero-order valence-electron chi connectivity index (χ0n) is 18.8. The number of hydrogen-bond donors (Lipinski definition) is 1. The third-order valence-corrected chi connectivity index (χ3v) is 4.86. The summed E-state index contributed by atoms with van der Waals surface area (Å²) in [6.45, 7) is 4.87. The van der Waals surface area contributed by atoms with Crippen molar-refractivity contribution in [3.05, 3.63) is 81.5 Å². The Kier molecular flexibility index (Phi) is 8.64. The first kappa shape index (κ1) is 24.1. The minimum atomic E-state index is 0.308. The number of benzene rings is 2. The van der Waals surface area contributed by atoms with E-state index in [2.05, 4.69) is 21.6 Å². The summed E-state index contributed by atoms with van der Waals surface area (Å²) in [7, 11) is 1.58. The van der Waals surface area contributed by atoms with Crippen LogP contribution in [0.25, 0.3) is 0 Å². The van der Waals surface area contributed by atoms with Gasteiger partial charge < -0.3 is 14.2 Å². The topological polar surface area (TPSA) is 88.8 Å². The van der Waals surface area contributed by atoms with E-state index in [-0.39, 0.29) is 0 Å². The van der Waals surface area contributed by atoms with Crippen LogP contribution in [0.4, 0.5) is 5.82 Å². The second-order valence-electron chi connectivity index (χ2n) is 7.10. The normalized spacial score (nSPS) is 10.8. The fourth-order valence-corrected chi connectivity index (χ4v) is 3.45. The molecule has 0 aliphatic carbocycles. The van der Waals surface area contributed by atoms with Crippen molar-refractivity contribution in [2.75, 3.05) is 19.1 Å². The zero-order chi connectivity index (χ0) is 23.6. The molecule has 170 valence electrons. The van der Waals surface area contributed by atoms with Gasteiger partial charge >= 0.3 is 0 Å². The van der Waals surface area contributed by atoms with E-state index < -0.39 is 0 Å². The van der Waals surface area contributed by atoms with Crippen LogP contribution in [0.2, 0.25) is 5.02 Å². The molecular weight excluding hydrogens is 440 g/mol. The molecule has 3 aromatic rings. The largest absolute Gasteiger partial charge is 0.490 e. The SMILES string of the molecule is CCOc1cc(C=NNc2nc(C)cc(COC)c2C#N)cc(Cl)c1OCc1ccccc1. The van der Waals surface area contributed by atoms with Gasteiger partial charge in [0.25, 0.3) is 0 Å². The summed E-state index contributed by atoms with van der Waals surface area (Å²) < 4.78 is 16.9. The van der Waals surface area contributed by atoms with Crippen LogP contribution >= 0.6 is 11.6 Å². The standard InChI is InChI=1S/C25H25ClN4O3/c1-4-32-23-12-19(11-22(26)24(23)33-15-18-8-6-5-7-9-18)14-28-30-25-21(13-27)20(16-31-3)10-17(2)29-25/h5-12,14H,4,15-16H2,1-3H3,(H,29,30). The summed E-state index contributed by atoms with van der Waals surface area (Å²) in [6.07, 6.45) is 1.58. The molecule has 33 heavy (non-hydrogen) atoms. The number of nitrogens with one attached hydrogen (secondary N) is 1. The number of nitriles is 1. The van der Waals surface area contributed by atoms with Crippen molar-refractivity contribution in [2.45, 2.75) is 27.1 Å². The number of nitrogens with zero attached hydrogens (tertiary/aromatic N) is 3. The molecule has 0 unspecified atom stereocenters. The number of aryl methyl sites for hydroxylation is 1. The summed E-state index contributed by atoms with van der Waals surface area (Å²) in [5.41, 5.74) is 6.45. The molecule has 1 heterocycles. The number of anilines is 1. The van der Waals surface area contributed by atoms with Gasteiger partial charge in [0, 0.05) is 18.4 Å². The fourth-order valence-electron chi connectivity index (χ4n) is 3.18.